The predicted molar refractivity (Wildman–Crippen MR) is 200 cm³/mol. The zero-order valence-corrected chi connectivity index (χ0v) is 26.0. The minimum atomic E-state index is 0.824. The van der Waals surface area contributed by atoms with Crippen molar-refractivity contribution in [2.45, 2.75) is 0 Å². The van der Waals surface area contributed by atoms with Crippen molar-refractivity contribution in [1.29, 1.82) is 0 Å². The second kappa shape index (κ2) is 10.6. The van der Waals surface area contributed by atoms with Crippen molar-refractivity contribution in [3.63, 3.8) is 0 Å². The number of fused-ring (bicyclic) bond motifs is 7. The molecule has 0 amide bonds. The quantitative estimate of drug-likeness (QED) is 0.185. The molecule has 8 aromatic carbocycles. The normalized spacial score (nSPS) is 11.8. The van der Waals surface area contributed by atoms with Crippen LogP contribution in [0.1, 0.15) is 0 Å². The maximum absolute atomic E-state index is 6.75. The van der Waals surface area contributed by atoms with Crippen LogP contribution in [0.25, 0.3) is 99.0 Å². The summed E-state index contributed by atoms with van der Waals surface area (Å²) in [7, 11) is 0. The Hall–Kier alpha value is -6.38. The maximum atomic E-state index is 6.75. The Morgan fingerprint density at radius 1 is 0.333 bits per heavy atom. The summed E-state index contributed by atoms with van der Waals surface area (Å²) in [6.07, 6.45) is 1.84. The van der Waals surface area contributed by atoms with Gasteiger partial charge in [0.25, 0.3) is 0 Å². The molecule has 0 saturated heterocycles. The van der Waals surface area contributed by atoms with E-state index in [0.717, 1.165) is 49.6 Å². The summed E-state index contributed by atoms with van der Waals surface area (Å²) in [5, 5.41) is 8.10. The van der Waals surface area contributed by atoms with Gasteiger partial charge in [0.15, 0.2) is 0 Å². The Morgan fingerprint density at radius 3 is 1.48 bits per heavy atom. The minimum Gasteiger partial charge on any atom is -0.464 e. The van der Waals surface area contributed by atoms with E-state index in [9.17, 15) is 0 Å². The Bertz CT molecular complexity index is 2750. The maximum Gasteiger partial charge on any atom is 0.147 e. The zero-order valence-electron chi connectivity index (χ0n) is 26.0. The molecule has 0 N–H and O–H groups in total. The van der Waals surface area contributed by atoms with Gasteiger partial charge in [0.1, 0.15) is 16.7 Å². The molecule has 224 valence electrons. The largest absolute Gasteiger partial charge is 0.464 e. The van der Waals surface area contributed by atoms with E-state index < -0.39 is 0 Å². The monoisotopic (exact) mass is 612 g/mol. The highest BCUT2D eigenvalue weighted by Crippen LogP contribution is 2.46. The van der Waals surface area contributed by atoms with Crippen molar-refractivity contribution < 1.29 is 8.83 Å². The molecule has 0 aliphatic heterocycles. The first-order chi connectivity index (χ1) is 23.8. The smallest absolute Gasteiger partial charge is 0.147 e. The summed E-state index contributed by atoms with van der Waals surface area (Å²) < 4.78 is 12.8. The number of benzene rings is 8. The third-order valence-electron chi connectivity index (χ3n) is 9.76. The van der Waals surface area contributed by atoms with Crippen LogP contribution in [0.4, 0.5) is 0 Å². The lowest BCUT2D eigenvalue weighted by atomic mass is 9.85. The summed E-state index contributed by atoms with van der Waals surface area (Å²) in [4.78, 5) is 0. The van der Waals surface area contributed by atoms with E-state index in [-0.39, 0.29) is 0 Å². The van der Waals surface area contributed by atoms with E-state index in [0.29, 0.717) is 0 Å². The first-order valence-corrected chi connectivity index (χ1v) is 16.3. The molecular formula is C46H28O2. The molecule has 0 atom stereocenters. The first-order valence-electron chi connectivity index (χ1n) is 16.3. The van der Waals surface area contributed by atoms with Crippen LogP contribution in [-0.2, 0) is 0 Å². The highest BCUT2D eigenvalue weighted by atomic mass is 16.3. The Balaban J connectivity index is 1.19. The zero-order chi connectivity index (χ0) is 31.6. The molecule has 0 spiro atoms. The fourth-order valence-electron chi connectivity index (χ4n) is 7.55. The molecule has 48 heavy (non-hydrogen) atoms. The molecule has 0 fully saturated rings. The van der Waals surface area contributed by atoms with Gasteiger partial charge in [-0.3, -0.25) is 0 Å². The fourth-order valence-corrected chi connectivity index (χ4v) is 7.55. The van der Waals surface area contributed by atoms with Gasteiger partial charge in [0.05, 0.1) is 11.6 Å². The van der Waals surface area contributed by atoms with Gasteiger partial charge in [-0.1, -0.05) is 140 Å². The van der Waals surface area contributed by atoms with Gasteiger partial charge in [-0.15, -0.1) is 0 Å². The van der Waals surface area contributed by atoms with Crippen molar-refractivity contribution in [3.05, 3.63) is 170 Å². The van der Waals surface area contributed by atoms with Gasteiger partial charge < -0.3 is 8.83 Å². The Kier molecular flexibility index (Phi) is 5.91. The van der Waals surface area contributed by atoms with Gasteiger partial charge in [-0.25, -0.2) is 0 Å². The van der Waals surface area contributed by atoms with Crippen LogP contribution in [0.2, 0.25) is 0 Å². The van der Waals surface area contributed by atoms with E-state index in [2.05, 4.69) is 158 Å². The highest BCUT2D eigenvalue weighted by Gasteiger charge is 2.20. The van der Waals surface area contributed by atoms with Crippen LogP contribution in [0.15, 0.2) is 179 Å². The van der Waals surface area contributed by atoms with Crippen molar-refractivity contribution in [3.8, 4) is 44.5 Å². The van der Waals surface area contributed by atoms with Crippen LogP contribution in [0.3, 0.4) is 0 Å². The van der Waals surface area contributed by atoms with Crippen LogP contribution in [0.5, 0.6) is 0 Å². The summed E-state index contributed by atoms with van der Waals surface area (Å²) in [6, 6.07) is 58.4. The minimum absolute atomic E-state index is 0.824. The topological polar surface area (TPSA) is 26.3 Å². The van der Waals surface area contributed by atoms with Gasteiger partial charge in [-0.05, 0) is 84.8 Å². The van der Waals surface area contributed by atoms with E-state index in [1.54, 1.807) is 0 Å². The Labute approximate surface area is 277 Å². The lowest BCUT2D eigenvalue weighted by Crippen LogP contribution is -1.91. The summed E-state index contributed by atoms with van der Waals surface area (Å²) in [6.45, 7) is 0. The van der Waals surface area contributed by atoms with Crippen LogP contribution in [0, 0.1) is 0 Å². The van der Waals surface area contributed by atoms with Gasteiger partial charge in [0.2, 0.25) is 0 Å². The molecule has 0 unspecified atom stereocenters. The van der Waals surface area contributed by atoms with Crippen molar-refractivity contribution in [2.24, 2.45) is 0 Å². The molecule has 2 nitrogen and oxygen atoms in total. The lowest BCUT2D eigenvalue weighted by molar-refractivity contribution is 0.616. The molecule has 0 aliphatic carbocycles. The molecule has 2 aromatic heterocycles. The third-order valence-corrected chi connectivity index (χ3v) is 9.76. The molecule has 0 bridgehead atoms. The summed E-state index contributed by atoms with van der Waals surface area (Å²) in [5.41, 5.74) is 11.9. The van der Waals surface area contributed by atoms with E-state index in [1.807, 2.05) is 12.3 Å². The molecule has 2 heteroatoms. The molecule has 2 heterocycles. The third kappa shape index (κ3) is 4.06. The molecule has 0 aliphatic rings. The van der Waals surface area contributed by atoms with Crippen molar-refractivity contribution in [1.82, 2.24) is 0 Å². The number of furan rings is 2. The number of hydrogen-bond donors (Lipinski definition) is 0. The Morgan fingerprint density at radius 2 is 0.833 bits per heavy atom. The van der Waals surface area contributed by atoms with Crippen LogP contribution < -0.4 is 0 Å². The van der Waals surface area contributed by atoms with E-state index in [1.165, 1.54) is 49.4 Å². The predicted octanol–water partition coefficient (Wildman–Crippen LogP) is 13.3. The SMILES string of the molecule is c1ccc(-c2ccc(-c3c4ccccc4c(-c4ccc5c(c4)oc4c5ccc5occ(-c6ccccc6)c54)c4ccccc34)cc2)cc1. The molecule has 0 radical (unpaired) electrons. The lowest BCUT2D eigenvalue weighted by Gasteiger charge is -2.18. The molecule has 0 saturated carbocycles. The standard InChI is InChI=1S/C46H28O2/c1-3-11-29(12-4-1)30-19-21-32(22-20-30)43-35-15-7-9-17-37(35)44(38-18-10-8-16-36(38)43)33-23-24-34-39-25-26-41-45(46(39)48-42(34)27-33)40(28-47-41)31-13-5-2-6-14-31/h1-28H. The summed E-state index contributed by atoms with van der Waals surface area (Å²) in [5.74, 6) is 0. The van der Waals surface area contributed by atoms with E-state index in [4.69, 9.17) is 8.83 Å². The van der Waals surface area contributed by atoms with Gasteiger partial charge >= 0.3 is 0 Å². The van der Waals surface area contributed by atoms with Gasteiger partial charge in [0, 0.05) is 16.3 Å². The van der Waals surface area contributed by atoms with Crippen molar-refractivity contribution in [2.75, 3.05) is 0 Å². The first kappa shape index (κ1) is 26.8. The van der Waals surface area contributed by atoms with Crippen molar-refractivity contribution >= 4 is 54.5 Å². The second-order valence-corrected chi connectivity index (χ2v) is 12.4. The highest BCUT2D eigenvalue weighted by molar-refractivity contribution is 6.23. The fraction of sp³-hybridized carbons (Fsp3) is 0. The average molecular weight is 613 g/mol. The second-order valence-electron chi connectivity index (χ2n) is 12.4. The van der Waals surface area contributed by atoms with Crippen LogP contribution >= 0.6 is 0 Å². The van der Waals surface area contributed by atoms with Crippen LogP contribution in [-0.4, -0.2) is 0 Å². The average Bonchev–Trinajstić information content (AvgIpc) is 3.76. The molecular weight excluding hydrogens is 585 g/mol. The molecule has 10 aromatic rings. The number of hydrogen-bond acceptors (Lipinski definition) is 2. The molecule has 10 rings (SSSR count). The summed E-state index contributed by atoms with van der Waals surface area (Å²) >= 11 is 0. The van der Waals surface area contributed by atoms with E-state index >= 15 is 0 Å². The number of rotatable bonds is 4. The van der Waals surface area contributed by atoms with Gasteiger partial charge in [-0.2, -0.15) is 0 Å².